The summed E-state index contributed by atoms with van der Waals surface area (Å²) in [6.07, 6.45) is 3.13. The molecule has 0 saturated heterocycles. The van der Waals surface area contributed by atoms with E-state index in [1.54, 1.807) is 23.0 Å². The summed E-state index contributed by atoms with van der Waals surface area (Å²) in [5.41, 5.74) is 0.793. The fraction of sp³-hybridized carbons (Fsp3) is 0.250. The minimum absolute atomic E-state index is 0.196. The second-order valence-electron chi connectivity index (χ2n) is 3.57. The third kappa shape index (κ3) is 2.28. The van der Waals surface area contributed by atoms with Gasteiger partial charge in [0.2, 0.25) is 5.78 Å². The molecule has 0 aliphatic rings. The van der Waals surface area contributed by atoms with Gasteiger partial charge in [-0.25, -0.2) is 0 Å². The lowest BCUT2D eigenvalue weighted by Gasteiger charge is -2.05. The standard InChI is InChI=1S/C12H12BrN3O2/c1-3-16-11(10(18-2)7-15-16)12(17)9-5-4-8(13)6-14-9/h4-7H,3H2,1-2H3. The van der Waals surface area contributed by atoms with Crippen LogP contribution in [-0.2, 0) is 6.54 Å². The van der Waals surface area contributed by atoms with Crippen LogP contribution in [0.1, 0.15) is 23.1 Å². The first kappa shape index (κ1) is 12.8. The smallest absolute Gasteiger partial charge is 0.233 e. The maximum atomic E-state index is 12.4. The summed E-state index contributed by atoms with van der Waals surface area (Å²) in [6.45, 7) is 2.51. The average molecular weight is 310 g/mol. The van der Waals surface area contributed by atoms with Crippen LogP contribution in [0.5, 0.6) is 5.75 Å². The van der Waals surface area contributed by atoms with Gasteiger partial charge in [0.25, 0.3) is 0 Å². The Morgan fingerprint density at radius 3 is 2.78 bits per heavy atom. The van der Waals surface area contributed by atoms with Gasteiger partial charge in [0.15, 0.2) is 11.4 Å². The van der Waals surface area contributed by atoms with Gasteiger partial charge in [0.1, 0.15) is 5.69 Å². The van der Waals surface area contributed by atoms with E-state index in [1.165, 1.54) is 13.3 Å². The van der Waals surface area contributed by atoms with Crippen LogP contribution < -0.4 is 4.74 Å². The molecule has 0 aromatic carbocycles. The minimum atomic E-state index is -0.196. The number of ether oxygens (including phenoxy) is 1. The Hall–Kier alpha value is -1.69. The van der Waals surface area contributed by atoms with Crippen molar-refractivity contribution in [2.75, 3.05) is 7.11 Å². The van der Waals surface area contributed by atoms with Crippen molar-refractivity contribution in [3.63, 3.8) is 0 Å². The number of hydrogen-bond donors (Lipinski definition) is 0. The van der Waals surface area contributed by atoms with Crippen LogP contribution in [0.2, 0.25) is 0 Å². The quantitative estimate of drug-likeness (QED) is 0.813. The summed E-state index contributed by atoms with van der Waals surface area (Å²) >= 11 is 3.28. The number of carbonyl (C=O) groups excluding carboxylic acids is 1. The molecule has 5 nitrogen and oxygen atoms in total. The molecule has 2 heterocycles. The van der Waals surface area contributed by atoms with E-state index < -0.39 is 0 Å². The summed E-state index contributed by atoms with van der Waals surface area (Å²) in [4.78, 5) is 16.5. The molecular formula is C12H12BrN3O2. The highest BCUT2D eigenvalue weighted by Crippen LogP contribution is 2.21. The monoisotopic (exact) mass is 309 g/mol. The van der Waals surface area contributed by atoms with Gasteiger partial charge >= 0.3 is 0 Å². The maximum absolute atomic E-state index is 12.4. The first-order valence-corrected chi connectivity index (χ1v) is 6.22. The van der Waals surface area contributed by atoms with E-state index in [9.17, 15) is 4.79 Å². The minimum Gasteiger partial charge on any atom is -0.493 e. The number of halogens is 1. The third-order valence-corrected chi connectivity index (χ3v) is 2.97. The molecule has 0 N–H and O–H groups in total. The first-order chi connectivity index (χ1) is 8.67. The third-order valence-electron chi connectivity index (χ3n) is 2.50. The van der Waals surface area contributed by atoms with Crippen LogP contribution in [0.3, 0.4) is 0 Å². The summed E-state index contributed by atoms with van der Waals surface area (Å²) in [6, 6.07) is 3.44. The van der Waals surface area contributed by atoms with E-state index in [2.05, 4.69) is 26.0 Å². The lowest BCUT2D eigenvalue weighted by atomic mass is 10.2. The van der Waals surface area contributed by atoms with Gasteiger partial charge in [0, 0.05) is 17.2 Å². The summed E-state index contributed by atoms with van der Waals surface area (Å²) in [5.74, 6) is 0.269. The molecule has 0 fully saturated rings. The molecule has 2 aromatic heterocycles. The maximum Gasteiger partial charge on any atom is 0.233 e. The number of methoxy groups -OCH3 is 1. The zero-order chi connectivity index (χ0) is 13.1. The SMILES string of the molecule is CCn1ncc(OC)c1C(=O)c1ccc(Br)cn1. The highest BCUT2D eigenvalue weighted by atomic mass is 79.9. The Balaban J connectivity index is 2.44. The first-order valence-electron chi connectivity index (χ1n) is 5.43. The zero-order valence-corrected chi connectivity index (χ0v) is 11.6. The molecule has 0 unspecified atom stereocenters. The number of carbonyl (C=O) groups is 1. The predicted molar refractivity (Wildman–Crippen MR) is 69.8 cm³/mol. The molecule has 0 bridgehead atoms. The highest BCUT2D eigenvalue weighted by Gasteiger charge is 2.21. The number of aryl methyl sites for hydroxylation is 1. The van der Waals surface area contributed by atoms with Crippen LogP contribution in [0.15, 0.2) is 29.0 Å². The van der Waals surface area contributed by atoms with E-state index >= 15 is 0 Å². The molecule has 0 atom stereocenters. The van der Waals surface area contributed by atoms with E-state index in [0.29, 0.717) is 23.7 Å². The number of ketones is 1. The molecule has 0 spiro atoms. The van der Waals surface area contributed by atoms with Crippen molar-refractivity contribution >= 4 is 21.7 Å². The molecular weight excluding hydrogens is 298 g/mol. The van der Waals surface area contributed by atoms with Gasteiger partial charge in [-0.3, -0.25) is 14.5 Å². The summed E-state index contributed by atoms with van der Waals surface area (Å²) in [7, 11) is 1.52. The van der Waals surface area contributed by atoms with Gasteiger partial charge in [-0.1, -0.05) is 0 Å². The zero-order valence-electron chi connectivity index (χ0n) is 10.1. The molecule has 0 radical (unpaired) electrons. The Morgan fingerprint density at radius 1 is 1.44 bits per heavy atom. The van der Waals surface area contributed by atoms with Gasteiger partial charge < -0.3 is 4.74 Å². The second-order valence-corrected chi connectivity index (χ2v) is 4.48. The highest BCUT2D eigenvalue weighted by molar-refractivity contribution is 9.10. The molecule has 0 amide bonds. The van der Waals surface area contributed by atoms with Crippen LogP contribution in [0, 0.1) is 0 Å². The Bertz CT molecular complexity index is 542. The van der Waals surface area contributed by atoms with E-state index in [4.69, 9.17) is 4.74 Å². The lowest BCUT2D eigenvalue weighted by Crippen LogP contribution is -2.12. The Morgan fingerprint density at radius 2 is 2.22 bits per heavy atom. The van der Waals surface area contributed by atoms with Crippen LogP contribution in [0.25, 0.3) is 0 Å². The van der Waals surface area contributed by atoms with Crippen LogP contribution in [-0.4, -0.2) is 27.7 Å². The topological polar surface area (TPSA) is 57.0 Å². The second kappa shape index (κ2) is 5.30. The fourth-order valence-corrected chi connectivity index (χ4v) is 1.85. The Kier molecular flexibility index (Phi) is 3.76. The van der Waals surface area contributed by atoms with Crippen molar-refractivity contribution in [2.45, 2.75) is 13.5 Å². The van der Waals surface area contributed by atoms with E-state index in [1.807, 2.05) is 6.92 Å². The van der Waals surface area contributed by atoms with Crippen molar-refractivity contribution < 1.29 is 9.53 Å². The van der Waals surface area contributed by atoms with Crippen molar-refractivity contribution in [3.8, 4) is 5.75 Å². The average Bonchev–Trinajstić information content (AvgIpc) is 2.81. The van der Waals surface area contributed by atoms with E-state index in [-0.39, 0.29) is 5.78 Å². The number of rotatable bonds is 4. The van der Waals surface area contributed by atoms with Gasteiger partial charge in [0.05, 0.1) is 13.3 Å². The van der Waals surface area contributed by atoms with Gasteiger partial charge in [-0.15, -0.1) is 0 Å². The van der Waals surface area contributed by atoms with Crippen LogP contribution in [0.4, 0.5) is 0 Å². The fourth-order valence-electron chi connectivity index (χ4n) is 1.62. The molecule has 0 aliphatic carbocycles. The largest absolute Gasteiger partial charge is 0.493 e. The van der Waals surface area contributed by atoms with Crippen molar-refractivity contribution in [1.82, 2.24) is 14.8 Å². The van der Waals surface area contributed by atoms with Gasteiger partial charge in [-0.2, -0.15) is 5.10 Å². The number of aromatic nitrogens is 3. The molecule has 18 heavy (non-hydrogen) atoms. The number of hydrogen-bond acceptors (Lipinski definition) is 4. The molecule has 2 rings (SSSR count). The lowest BCUT2D eigenvalue weighted by molar-refractivity contribution is 0.102. The molecule has 0 aliphatic heterocycles. The summed E-state index contributed by atoms with van der Waals surface area (Å²) in [5, 5.41) is 4.10. The molecule has 6 heteroatoms. The van der Waals surface area contributed by atoms with Crippen molar-refractivity contribution in [3.05, 3.63) is 40.4 Å². The number of nitrogens with zero attached hydrogens (tertiary/aromatic N) is 3. The van der Waals surface area contributed by atoms with E-state index in [0.717, 1.165) is 4.47 Å². The van der Waals surface area contributed by atoms with Crippen molar-refractivity contribution in [2.24, 2.45) is 0 Å². The molecule has 94 valence electrons. The number of pyridine rings is 1. The molecule has 2 aromatic rings. The molecule has 0 saturated carbocycles. The normalized spacial score (nSPS) is 10.4. The summed E-state index contributed by atoms with van der Waals surface area (Å²) < 4.78 is 7.58. The predicted octanol–water partition coefficient (Wildman–Crippen LogP) is 2.30. The van der Waals surface area contributed by atoms with Crippen molar-refractivity contribution in [1.29, 1.82) is 0 Å². The van der Waals surface area contributed by atoms with Gasteiger partial charge in [-0.05, 0) is 35.0 Å². The van der Waals surface area contributed by atoms with Crippen LogP contribution >= 0.6 is 15.9 Å². The Labute approximate surface area is 113 Å².